The highest BCUT2D eigenvalue weighted by atomic mass is 16.5. The molecular formula is C76H82N4O14. The fourth-order valence-corrected chi connectivity index (χ4v) is 11.4. The van der Waals surface area contributed by atoms with Gasteiger partial charge in [-0.2, -0.15) is 0 Å². The molecule has 8 aromatic rings. The van der Waals surface area contributed by atoms with Crippen LogP contribution in [0.1, 0.15) is 118 Å². The van der Waals surface area contributed by atoms with Gasteiger partial charge in [0.2, 0.25) is 0 Å². The van der Waals surface area contributed by atoms with Crippen LogP contribution in [0.5, 0.6) is 69.0 Å². The average molecular weight is 1280 g/mol. The summed E-state index contributed by atoms with van der Waals surface area (Å²) in [5.41, 5.74) is 10.1. The standard InChI is InChI=1S/C76H82N4O14/c1-85-65-17-21-69(89-5)57(41-65)45-77-61-33-49-29-53-37-63(79-47-59-43-67(87-3)19-23-71(59)91-7)39-55(75(53)93-27-15-11-9-13-25-81)31-51-35-62(78-46-58-42-66(86-2)18-22-70(58)90-6)36-52(74(51)84)32-56-40-64(80-48-60-44-68(88-4)20-24-72(60)92-8)38-54(30-50(34-61)73(49)83)76(56)94-28-16-12-10-14-26-82/h17-26,33-45,47-48,78,83-84H,9-16,27-32,46H2,1-8H3/b77-45+,79-47+,80-48+. The summed E-state index contributed by atoms with van der Waals surface area (Å²) in [7, 11) is 12.8. The number of rotatable bonds is 31. The van der Waals surface area contributed by atoms with Crippen molar-refractivity contribution in [3.8, 4) is 69.0 Å². The molecule has 8 bridgehead atoms. The second kappa shape index (κ2) is 33.7. The van der Waals surface area contributed by atoms with Crippen LogP contribution in [0.15, 0.2) is 136 Å². The van der Waals surface area contributed by atoms with E-state index in [1.54, 1.807) is 75.5 Å². The van der Waals surface area contributed by atoms with Crippen molar-refractivity contribution in [2.75, 3.05) is 75.4 Å². The number of hydrogen-bond donors (Lipinski definition) is 3. The van der Waals surface area contributed by atoms with E-state index in [0.29, 0.717) is 200 Å². The minimum Gasteiger partial charge on any atom is -0.507 e. The fourth-order valence-electron chi connectivity index (χ4n) is 11.4. The Balaban J connectivity index is 1.32. The molecule has 0 amide bonds. The van der Waals surface area contributed by atoms with Crippen LogP contribution in [-0.2, 0) is 41.8 Å². The van der Waals surface area contributed by atoms with Crippen LogP contribution in [0.2, 0.25) is 0 Å². The number of ether oxygens (including phenoxy) is 10. The molecule has 0 unspecified atom stereocenters. The lowest BCUT2D eigenvalue weighted by molar-refractivity contribution is -0.108. The van der Waals surface area contributed by atoms with Gasteiger partial charge in [-0.15, -0.1) is 0 Å². The van der Waals surface area contributed by atoms with Crippen molar-refractivity contribution in [1.82, 2.24) is 0 Å². The molecule has 0 heterocycles. The first kappa shape index (κ1) is 67.9. The maximum Gasteiger partial charge on any atom is 0.127 e. The summed E-state index contributed by atoms with van der Waals surface area (Å²) in [6.45, 7) is 0.931. The number of nitrogens with one attached hydrogen (secondary N) is 1. The van der Waals surface area contributed by atoms with Crippen molar-refractivity contribution in [2.24, 2.45) is 15.0 Å². The van der Waals surface area contributed by atoms with Crippen LogP contribution in [0.25, 0.3) is 0 Å². The lowest BCUT2D eigenvalue weighted by Crippen LogP contribution is -2.09. The van der Waals surface area contributed by atoms with Crippen LogP contribution in [0, 0.1) is 0 Å². The number of carbonyl (C=O) groups excluding carboxylic acids is 2. The molecule has 0 spiro atoms. The number of methoxy groups -OCH3 is 8. The first-order chi connectivity index (χ1) is 45.9. The lowest BCUT2D eigenvalue weighted by atomic mass is 9.90. The topological polar surface area (TPSA) is 216 Å². The third-order valence-corrected chi connectivity index (χ3v) is 16.3. The Morgan fingerprint density at radius 2 is 0.713 bits per heavy atom. The number of aldehydes is 2. The summed E-state index contributed by atoms with van der Waals surface area (Å²) in [5.74, 6) is 6.06. The molecule has 0 aliphatic heterocycles. The molecule has 1 aliphatic rings. The zero-order valence-corrected chi connectivity index (χ0v) is 54.7. The van der Waals surface area contributed by atoms with Gasteiger partial charge in [-0.05, 0) is 160 Å². The predicted molar refractivity (Wildman–Crippen MR) is 368 cm³/mol. The molecule has 0 saturated carbocycles. The highest BCUT2D eigenvalue weighted by molar-refractivity contribution is 5.88. The Hall–Kier alpha value is -10.5. The number of hydrogen-bond acceptors (Lipinski definition) is 18. The summed E-state index contributed by atoms with van der Waals surface area (Å²) in [6.07, 6.45) is 12.6. The second-order valence-electron chi connectivity index (χ2n) is 22.5. The van der Waals surface area contributed by atoms with E-state index in [1.165, 1.54) is 0 Å². The van der Waals surface area contributed by atoms with E-state index in [-0.39, 0.29) is 37.2 Å². The second-order valence-corrected chi connectivity index (χ2v) is 22.5. The van der Waals surface area contributed by atoms with Crippen molar-refractivity contribution in [3.05, 3.63) is 188 Å². The number of nitrogens with zero attached hydrogens (tertiary/aromatic N) is 3. The highest BCUT2D eigenvalue weighted by Crippen LogP contribution is 2.44. The minimum atomic E-state index is 0.0176. The van der Waals surface area contributed by atoms with Gasteiger partial charge in [-0.3, -0.25) is 15.0 Å². The van der Waals surface area contributed by atoms with E-state index in [0.717, 1.165) is 31.0 Å². The van der Waals surface area contributed by atoms with E-state index in [9.17, 15) is 19.8 Å². The van der Waals surface area contributed by atoms with Gasteiger partial charge < -0.3 is 72.5 Å². The van der Waals surface area contributed by atoms with Crippen LogP contribution >= 0.6 is 0 Å². The van der Waals surface area contributed by atoms with Crippen molar-refractivity contribution < 1.29 is 67.2 Å². The summed E-state index contributed by atoms with van der Waals surface area (Å²) >= 11 is 0. The van der Waals surface area contributed by atoms with Gasteiger partial charge in [0.15, 0.2) is 0 Å². The zero-order valence-electron chi connectivity index (χ0n) is 54.7. The monoisotopic (exact) mass is 1270 g/mol. The first-order valence-electron chi connectivity index (χ1n) is 31.3. The van der Waals surface area contributed by atoms with Crippen molar-refractivity contribution >= 4 is 54.0 Å². The Morgan fingerprint density at radius 3 is 1.05 bits per heavy atom. The van der Waals surface area contributed by atoms with E-state index in [4.69, 9.17) is 62.3 Å². The Kier molecular flexibility index (Phi) is 24.4. The van der Waals surface area contributed by atoms with Gasteiger partial charge in [0, 0.05) is 136 Å². The fraction of sp³-hybridized carbons (Fsp3) is 0.303. The number of phenols is 2. The molecule has 0 radical (unpaired) electrons. The number of anilines is 1. The molecule has 9 rings (SSSR count). The average Bonchev–Trinajstić information content (AvgIpc) is 0.795. The molecule has 1 aliphatic carbocycles. The number of benzene rings is 8. The van der Waals surface area contributed by atoms with Crippen molar-refractivity contribution in [1.29, 1.82) is 0 Å². The van der Waals surface area contributed by atoms with E-state index >= 15 is 0 Å². The van der Waals surface area contributed by atoms with Crippen LogP contribution in [-0.4, -0.2) is 112 Å². The molecule has 3 N–H and O–H groups in total. The summed E-state index contributed by atoms with van der Waals surface area (Å²) in [5, 5.41) is 29.9. The third kappa shape index (κ3) is 17.5. The number of carbonyl (C=O) groups is 2. The molecule has 0 aromatic heterocycles. The molecule has 0 saturated heterocycles. The lowest BCUT2D eigenvalue weighted by Gasteiger charge is -2.22. The number of aliphatic imine (C=N–C) groups is 3. The minimum absolute atomic E-state index is 0.0176. The maximum atomic E-state index is 13.1. The number of unbranched alkanes of at least 4 members (excludes halogenated alkanes) is 6. The number of aromatic hydroxyl groups is 2. The Labute approximate surface area is 549 Å². The summed E-state index contributed by atoms with van der Waals surface area (Å²) in [4.78, 5) is 38.1. The zero-order chi connectivity index (χ0) is 66.3. The Morgan fingerprint density at radius 1 is 0.383 bits per heavy atom. The molecule has 8 aromatic carbocycles. The largest absolute Gasteiger partial charge is 0.507 e. The SMILES string of the molecule is COc1ccc(OC)c(/C=N/c2cc3c(O)c(c2)Cc2cc(/N=C/c4cc(OC)ccc4OC)cc(c2OCCCCCC=O)Cc2cc(NCc4cc(OC)ccc4OC)cc(c2O)Cc2cc(/N=C/c4cc(OC)ccc4OC)cc(c2OCCCCCC=O)C3)c1. The van der Waals surface area contributed by atoms with Gasteiger partial charge in [0.25, 0.3) is 0 Å². The van der Waals surface area contributed by atoms with Crippen molar-refractivity contribution in [2.45, 2.75) is 83.6 Å². The summed E-state index contributed by atoms with van der Waals surface area (Å²) < 4.78 is 59.6. The van der Waals surface area contributed by atoms with E-state index in [1.807, 2.05) is 121 Å². The first-order valence-corrected chi connectivity index (χ1v) is 31.3. The number of fused-ring (bicyclic) bond motifs is 8. The molecule has 18 heteroatoms. The Bertz CT molecular complexity index is 3840. The van der Waals surface area contributed by atoms with Gasteiger partial charge in [-0.1, -0.05) is 0 Å². The highest BCUT2D eigenvalue weighted by Gasteiger charge is 2.25. The smallest absolute Gasteiger partial charge is 0.127 e. The molecule has 94 heavy (non-hydrogen) atoms. The van der Waals surface area contributed by atoms with E-state index in [2.05, 4.69) is 5.32 Å². The molecule has 0 atom stereocenters. The molecule has 0 fully saturated rings. The van der Waals surface area contributed by atoms with Crippen molar-refractivity contribution in [3.63, 3.8) is 0 Å². The van der Waals surface area contributed by atoms with Gasteiger partial charge >= 0.3 is 0 Å². The molecular weight excluding hydrogens is 1190 g/mol. The van der Waals surface area contributed by atoms with Gasteiger partial charge in [0.1, 0.15) is 81.6 Å². The normalized spacial score (nSPS) is 12.0. The van der Waals surface area contributed by atoms with Gasteiger partial charge in [0.05, 0.1) is 87.2 Å². The van der Waals surface area contributed by atoms with Crippen LogP contribution < -0.4 is 52.7 Å². The summed E-state index contributed by atoms with van der Waals surface area (Å²) in [6, 6.07) is 37.5. The maximum absolute atomic E-state index is 13.1. The van der Waals surface area contributed by atoms with Crippen LogP contribution in [0.3, 0.4) is 0 Å². The third-order valence-electron chi connectivity index (χ3n) is 16.3. The van der Waals surface area contributed by atoms with Gasteiger partial charge in [-0.25, -0.2) is 0 Å². The predicted octanol–water partition coefficient (Wildman–Crippen LogP) is 15.0. The molecule has 18 nitrogen and oxygen atoms in total. The molecule has 490 valence electrons. The quantitative estimate of drug-likeness (QED) is 0.0159. The van der Waals surface area contributed by atoms with Crippen LogP contribution in [0.4, 0.5) is 22.7 Å². The van der Waals surface area contributed by atoms with E-state index < -0.39 is 0 Å². The number of phenolic OH excluding ortho intramolecular Hbond substituents is 2.